The second-order valence-corrected chi connectivity index (χ2v) is 10.6. The molecule has 1 aliphatic heterocycles. The highest BCUT2D eigenvalue weighted by atomic mass is 32.1. The highest BCUT2D eigenvalue weighted by molar-refractivity contribution is 7.16. The van der Waals surface area contributed by atoms with Crippen LogP contribution in [0, 0.1) is 12.7 Å². The first-order valence-corrected chi connectivity index (χ1v) is 11.9. The predicted octanol–water partition coefficient (Wildman–Crippen LogP) is 3.85. The summed E-state index contributed by atoms with van der Waals surface area (Å²) in [5.74, 6) is -1.18. The second kappa shape index (κ2) is 9.71. The van der Waals surface area contributed by atoms with Crippen LogP contribution in [-0.2, 0) is 10.2 Å². The SMILES string of the molecule is Cc1c(F)cccc1NC(=O)Nc1sc(C(C)(C)C)cc1C(=O)N1CCNC(=O)C1(C)CCO. The molecule has 1 aromatic heterocycles. The van der Waals surface area contributed by atoms with E-state index in [-0.39, 0.29) is 36.5 Å². The van der Waals surface area contributed by atoms with Gasteiger partial charge < -0.3 is 20.6 Å². The molecule has 10 heteroatoms. The minimum absolute atomic E-state index is 0.0862. The second-order valence-electron chi connectivity index (χ2n) is 9.56. The van der Waals surface area contributed by atoms with E-state index in [9.17, 15) is 23.9 Å². The Morgan fingerprint density at radius 1 is 1.29 bits per heavy atom. The molecule has 1 atom stereocenters. The molecule has 34 heavy (non-hydrogen) atoms. The molecule has 8 nitrogen and oxygen atoms in total. The van der Waals surface area contributed by atoms with Crippen LogP contribution in [0.15, 0.2) is 24.3 Å². The smallest absolute Gasteiger partial charge is 0.324 e. The first-order chi connectivity index (χ1) is 15.9. The summed E-state index contributed by atoms with van der Waals surface area (Å²) in [5.41, 5.74) is -0.620. The number of benzene rings is 1. The van der Waals surface area contributed by atoms with E-state index in [4.69, 9.17) is 0 Å². The molecule has 0 bridgehead atoms. The number of thiophene rings is 1. The topological polar surface area (TPSA) is 111 Å². The third-order valence-electron chi connectivity index (χ3n) is 5.99. The number of piperazine rings is 1. The summed E-state index contributed by atoms with van der Waals surface area (Å²) in [7, 11) is 0. The van der Waals surface area contributed by atoms with E-state index < -0.39 is 23.3 Å². The van der Waals surface area contributed by atoms with Crippen LogP contribution in [-0.4, -0.2) is 53.1 Å². The molecule has 4 N–H and O–H groups in total. The molecule has 0 radical (unpaired) electrons. The average molecular weight is 491 g/mol. The van der Waals surface area contributed by atoms with E-state index >= 15 is 0 Å². The van der Waals surface area contributed by atoms with Crippen LogP contribution in [0.4, 0.5) is 19.9 Å². The number of anilines is 2. The molecule has 1 aliphatic rings. The molecule has 1 unspecified atom stereocenters. The summed E-state index contributed by atoms with van der Waals surface area (Å²) < 4.78 is 13.9. The first-order valence-electron chi connectivity index (χ1n) is 11.1. The lowest BCUT2D eigenvalue weighted by atomic mass is 9.91. The lowest BCUT2D eigenvalue weighted by Crippen LogP contribution is -2.65. The van der Waals surface area contributed by atoms with Gasteiger partial charge in [-0.2, -0.15) is 0 Å². The number of amides is 4. The summed E-state index contributed by atoms with van der Waals surface area (Å²) in [5, 5.41) is 18.0. The van der Waals surface area contributed by atoms with E-state index in [2.05, 4.69) is 16.0 Å². The van der Waals surface area contributed by atoms with E-state index in [1.54, 1.807) is 26.0 Å². The van der Waals surface area contributed by atoms with Crippen molar-refractivity contribution >= 4 is 39.9 Å². The van der Waals surface area contributed by atoms with E-state index in [1.807, 2.05) is 20.8 Å². The number of nitrogens with one attached hydrogen (secondary N) is 3. The van der Waals surface area contributed by atoms with Gasteiger partial charge in [0.05, 0.1) is 5.56 Å². The monoisotopic (exact) mass is 490 g/mol. The van der Waals surface area contributed by atoms with Crippen LogP contribution in [0.1, 0.15) is 54.9 Å². The maximum Gasteiger partial charge on any atom is 0.324 e. The molecule has 4 amide bonds. The molecule has 0 spiro atoms. The maximum atomic E-state index is 13.9. The molecule has 1 saturated heterocycles. The van der Waals surface area contributed by atoms with Gasteiger partial charge in [0.1, 0.15) is 16.4 Å². The van der Waals surface area contributed by atoms with Crippen LogP contribution in [0.5, 0.6) is 0 Å². The number of nitrogens with zero attached hydrogens (tertiary/aromatic N) is 1. The summed E-state index contributed by atoms with van der Waals surface area (Å²) in [4.78, 5) is 41.4. The van der Waals surface area contributed by atoms with E-state index in [0.29, 0.717) is 22.8 Å². The number of aliphatic hydroxyl groups excluding tert-OH is 1. The zero-order valence-electron chi connectivity index (χ0n) is 20.0. The van der Waals surface area contributed by atoms with Crippen LogP contribution in [0.2, 0.25) is 0 Å². The Balaban J connectivity index is 1.95. The zero-order valence-corrected chi connectivity index (χ0v) is 20.9. The summed E-state index contributed by atoms with van der Waals surface area (Å²) >= 11 is 1.28. The van der Waals surface area contributed by atoms with Crippen molar-refractivity contribution in [2.24, 2.45) is 0 Å². The van der Waals surface area contributed by atoms with Crippen molar-refractivity contribution in [1.82, 2.24) is 10.2 Å². The molecule has 3 rings (SSSR count). The van der Waals surface area contributed by atoms with Gasteiger partial charge >= 0.3 is 6.03 Å². The highest BCUT2D eigenvalue weighted by Gasteiger charge is 2.45. The van der Waals surface area contributed by atoms with Gasteiger partial charge in [0, 0.05) is 42.2 Å². The zero-order chi connectivity index (χ0) is 25.3. The molecule has 2 heterocycles. The fourth-order valence-corrected chi connectivity index (χ4v) is 4.89. The number of carbonyl (C=O) groups excluding carboxylic acids is 3. The van der Waals surface area contributed by atoms with Gasteiger partial charge in [0.25, 0.3) is 5.91 Å². The van der Waals surface area contributed by atoms with Crippen molar-refractivity contribution in [1.29, 1.82) is 0 Å². The third-order valence-corrected chi connectivity index (χ3v) is 7.47. The van der Waals surface area contributed by atoms with Crippen LogP contribution in [0.25, 0.3) is 0 Å². The standard InChI is InChI=1S/C24H31FN4O4S/c1-14-16(25)7-6-8-17(14)27-22(33)28-19-15(13-18(34-19)23(2,3)4)20(31)29-11-10-26-21(32)24(29,5)9-12-30/h6-8,13,30H,9-12H2,1-5H3,(H,26,32)(H2,27,28,33). The number of hydrogen-bond donors (Lipinski definition) is 4. The molecular weight excluding hydrogens is 459 g/mol. The molecule has 1 aromatic carbocycles. The number of urea groups is 1. The Labute approximate surface area is 202 Å². The van der Waals surface area contributed by atoms with Crippen molar-refractivity contribution in [3.05, 3.63) is 46.1 Å². The first kappa shape index (κ1) is 25.6. The van der Waals surface area contributed by atoms with Gasteiger partial charge in [0.2, 0.25) is 5.91 Å². The maximum absolute atomic E-state index is 13.9. The van der Waals surface area contributed by atoms with Gasteiger partial charge in [-0.05, 0) is 37.5 Å². The van der Waals surface area contributed by atoms with Crippen LogP contribution in [0.3, 0.4) is 0 Å². The molecule has 0 aliphatic carbocycles. The lowest BCUT2D eigenvalue weighted by molar-refractivity contribution is -0.135. The van der Waals surface area contributed by atoms with Crippen LogP contribution >= 0.6 is 11.3 Å². The van der Waals surface area contributed by atoms with Crippen molar-refractivity contribution < 1.29 is 23.9 Å². The molecule has 2 aromatic rings. The van der Waals surface area contributed by atoms with Gasteiger partial charge in [-0.1, -0.05) is 26.8 Å². The fourth-order valence-electron chi connectivity index (χ4n) is 3.79. The number of carbonyl (C=O) groups is 3. The average Bonchev–Trinajstić information content (AvgIpc) is 3.17. The summed E-state index contributed by atoms with van der Waals surface area (Å²) in [6.07, 6.45) is 0.0862. The minimum Gasteiger partial charge on any atom is -0.396 e. The fraction of sp³-hybridized carbons (Fsp3) is 0.458. The number of hydrogen-bond acceptors (Lipinski definition) is 5. The van der Waals surface area contributed by atoms with Crippen molar-refractivity contribution in [2.75, 3.05) is 30.3 Å². The third kappa shape index (κ3) is 5.07. The minimum atomic E-state index is -1.22. The van der Waals surface area contributed by atoms with Crippen LogP contribution < -0.4 is 16.0 Å². The quantitative estimate of drug-likeness (QED) is 0.510. The molecule has 184 valence electrons. The van der Waals surface area contributed by atoms with Gasteiger partial charge in [0.15, 0.2) is 0 Å². The van der Waals surface area contributed by atoms with Crippen molar-refractivity contribution in [3.8, 4) is 0 Å². The summed E-state index contributed by atoms with van der Waals surface area (Å²) in [6, 6.07) is 5.52. The Bertz CT molecular complexity index is 1110. The van der Waals surface area contributed by atoms with Crippen molar-refractivity contribution in [3.63, 3.8) is 0 Å². The summed E-state index contributed by atoms with van der Waals surface area (Å²) in [6.45, 7) is 9.49. The Morgan fingerprint density at radius 3 is 2.65 bits per heavy atom. The number of halogens is 1. The van der Waals surface area contributed by atoms with Gasteiger partial charge in [-0.3, -0.25) is 14.9 Å². The molecule has 0 saturated carbocycles. The van der Waals surface area contributed by atoms with E-state index in [1.165, 1.54) is 28.4 Å². The highest BCUT2D eigenvalue weighted by Crippen LogP contribution is 2.38. The predicted molar refractivity (Wildman–Crippen MR) is 131 cm³/mol. The number of rotatable bonds is 5. The normalized spacial score (nSPS) is 18.4. The van der Waals surface area contributed by atoms with Gasteiger partial charge in [-0.15, -0.1) is 11.3 Å². The Morgan fingerprint density at radius 2 is 2.00 bits per heavy atom. The van der Waals surface area contributed by atoms with Crippen molar-refractivity contribution in [2.45, 2.75) is 52.0 Å². The van der Waals surface area contributed by atoms with Gasteiger partial charge in [-0.25, -0.2) is 9.18 Å². The van der Waals surface area contributed by atoms with E-state index in [0.717, 1.165) is 4.88 Å². The largest absolute Gasteiger partial charge is 0.396 e. The number of aliphatic hydroxyl groups is 1. The Kier molecular flexibility index (Phi) is 7.32. The Hall–Kier alpha value is -2.98. The molecule has 1 fully saturated rings. The molecular formula is C24H31FN4O4S. The lowest BCUT2D eigenvalue weighted by Gasteiger charge is -2.43.